The molecule has 132 valence electrons. The number of carbonyl (C=O) groups excluding carboxylic acids is 1. The molecule has 1 aromatic heterocycles. The lowest BCUT2D eigenvalue weighted by atomic mass is 9.93. The third kappa shape index (κ3) is 3.50. The van der Waals surface area contributed by atoms with E-state index in [9.17, 15) is 4.79 Å². The zero-order valence-electron chi connectivity index (χ0n) is 14.6. The predicted molar refractivity (Wildman–Crippen MR) is 99.9 cm³/mol. The van der Waals surface area contributed by atoms with Gasteiger partial charge in [-0.2, -0.15) is 0 Å². The van der Waals surface area contributed by atoms with Gasteiger partial charge in [-0.15, -0.1) is 11.3 Å². The minimum absolute atomic E-state index is 0.132. The second-order valence-electron chi connectivity index (χ2n) is 6.85. The largest absolute Gasteiger partial charge is 0.375 e. The number of fused-ring (bicyclic) bond motifs is 1. The summed E-state index contributed by atoms with van der Waals surface area (Å²) in [5, 5.41) is 2.18. The summed E-state index contributed by atoms with van der Waals surface area (Å²) >= 11 is 1.83. The molecule has 1 saturated heterocycles. The van der Waals surface area contributed by atoms with Crippen molar-refractivity contribution >= 4 is 17.2 Å². The van der Waals surface area contributed by atoms with Gasteiger partial charge in [-0.3, -0.25) is 9.69 Å². The van der Waals surface area contributed by atoms with Gasteiger partial charge in [-0.25, -0.2) is 0 Å². The number of morpholine rings is 1. The van der Waals surface area contributed by atoms with E-state index in [0.29, 0.717) is 26.2 Å². The molecule has 1 amide bonds. The zero-order chi connectivity index (χ0) is 17.2. The van der Waals surface area contributed by atoms with Crippen LogP contribution in [0.4, 0.5) is 0 Å². The second-order valence-corrected chi connectivity index (χ2v) is 7.85. The monoisotopic (exact) mass is 356 g/mol. The topological polar surface area (TPSA) is 32.8 Å². The third-order valence-electron chi connectivity index (χ3n) is 5.11. The maximum absolute atomic E-state index is 12.9. The van der Waals surface area contributed by atoms with Crippen LogP contribution in [0, 0.1) is 0 Å². The van der Waals surface area contributed by atoms with E-state index in [2.05, 4.69) is 40.6 Å². The zero-order valence-corrected chi connectivity index (χ0v) is 15.4. The van der Waals surface area contributed by atoms with Crippen LogP contribution < -0.4 is 0 Å². The average molecular weight is 356 g/mol. The highest BCUT2D eigenvalue weighted by Gasteiger charge is 2.32. The van der Waals surface area contributed by atoms with Gasteiger partial charge in [-0.1, -0.05) is 30.3 Å². The van der Waals surface area contributed by atoms with Crippen molar-refractivity contribution in [1.82, 2.24) is 9.80 Å². The molecule has 0 N–H and O–H groups in total. The number of hydrogen-bond donors (Lipinski definition) is 0. The van der Waals surface area contributed by atoms with Gasteiger partial charge in [0.1, 0.15) is 0 Å². The molecule has 5 heteroatoms. The van der Waals surface area contributed by atoms with Crippen molar-refractivity contribution in [2.45, 2.75) is 25.5 Å². The summed E-state index contributed by atoms with van der Waals surface area (Å²) in [6, 6.07) is 13.0. The van der Waals surface area contributed by atoms with Gasteiger partial charge in [0.05, 0.1) is 25.3 Å². The third-order valence-corrected chi connectivity index (χ3v) is 6.11. The van der Waals surface area contributed by atoms with E-state index >= 15 is 0 Å². The van der Waals surface area contributed by atoms with Crippen LogP contribution in [0.25, 0.3) is 0 Å². The standard InChI is InChI=1S/C20H24N2O2S/c1-15-13-21(10-11-24-15)19(23)14-22-9-7-18-17(8-12-25-18)20(22)16-5-3-2-4-6-16/h2-6,8,12,15,20H,7,9-11,13-14H2,1H3. The van der Waals surface area contributed by atoms with E-state index in [-0.39, 0.29) is 18.1 Å². The Labute approximate surface area is 153 Å². The van der Waals surface area contributed by atoms with Gasteiger partial charge in [0.2, 0.25) is 5.91 Å². The molecule has 4 rings (SSSR count). The number of amides is 1. The summed E-state index contributed by atoms with van der Waals surface area (Å²) in [6.07, 6.45) is 1.16. The molecule has 0 aliphatic carbocycles. The molecule has 1 aromatic carbocycles. The fourth-order valence-electron chi connectivity index (χ4n) is 3.88. The van der Waals surface area contributed by atoms with E-state index < -0.39 is 0 Å². The van der Waals surface area contributed by atoms with Crippen LogP contribution >= 0.6 is 11.3 Å². The molecule has 25 heavy (non-hydrogen) atoms. The number of rotatable bonds is 3. The molecular weight excluding hydrogens is 332 g/mol. The summed E-state index contributed by atoms with van der Waals surface area (Å²) < 4.78 is 5.57. The summed E-state index contributed by atoms with van der Waals surface area (Å²) in [5.41, 5.74) is 2.63. The van der Waals surface area contributed by atoms with E-state index in [1.807, 2.05) is 29.2 Å². The smallest absolute Gasteiger partial charge is 0.236 e. The van der Waals surface area contributed by atoms with Gasteiger partial charge in [0.25, 0.3) is 0 Å². The molecule has 0 spiro atoms. The van der Waals surface area contributed by atoms with Crippen LogP contribution in [0.1, 0.15) is 29.0 Å². The van der Waals surface area contributed by atoms with Crippen LogP contribution in [0.5, 0.6) is 0 Å². The van der Waals surface area contributed by atoms with Gasteiger partial charge in [0, 0.05) is 24.5 Å². The first-order chi connectivity index (χ1) is 12.2. The molecule has 2 aliphatic heterocycles. The number of nitrogens with zero attached hydrogens (tertiary/aromatic N) is 2. The summed E-state index contributed by atoms with van der Waals surface area (Å²) in [7, 11) is 0. The van der Waals surface area contributed by atoms with Crippen LogP contribution in [0.15, 0.2) is 41.8 Å². The molecule has 2 aliphatic rings. The Morgan fingerprint density at radius 3 is 2.88 bits per heavy atom. The number of benzene rings is 1. The number of carbonyl (C=O) groups is 1. The number of hydrogen-bond acceptors (Lipinski definition) is 4. The Morgan fingerprint density at radius 2 is 2.08 bits per heavy atom. The summed E-state index contributed by atoms with van der Waals surface area (Å²) in [4.78, 5) is 18.6. The van der Waals surface area contributed by atoms with E-state index in [1.54, 1.807) is 0 Å². The van der Waals surface area contributed by atoms with Crippen LogP contribution in [0.3, 0.4) is 0 Å². The molecular formula is C20H24N2O2S. The first-order valence-electron chi connectivity index (χ1n) is 8.97. The summed E-state index contributed by atoms with van der Waals surface area (Å²) in [6.45, 7) is 5.48. The minimum atomic E-state index is 0.132. The van der Waals surface area contributed by atoms with Gasteiger partial charge in [0.15, 0.2) is 0 Å². The molecule has 0 radical (unpaired) electrons. The molecule has 0 bridgehead atoms. The van der Waals surface area contributed by atoms with Crippen LogP contribution in [-0.4, -0.2) is 54.6 Å². The molecule has 4 nitrogen and oxygen atoms in total. The maximum atomic E-state index is 12.9. The quantitative estimate of drug-likeness (QED) is 0.848. The van der Waals surface area contributed by atoms with Crippen molar-refractivity contribution in [3.05, 3.63) is 57.8 Å². The minimum Gasteiger partial charge on any atom is -0.375 e. The number of thiophene rings is 1. The Morgan fingerprint density at radius 1 is 1.24 bits per heavy atom. The van der Waals surface area contributed by atoms with Crippen molar-refractivity contribution < 1.29 is 9.53 Å². The van der Waals surface area contributed by atoms with Crippen LogP contribution in [0.2, 0.25) is 0 Å². The normalized spacial score (nSPS) is 24.1. The van der Waals surface area contributed by atoms with E-state index in [0.717, 1.165) is 13.0 Å². The van der Waals surface area contributed by atoms with Crippen molar-refractivity contribution in [3.8, 4) is 0 Å². The Kier molecular flexibility index (Phi) is 4.88. The first-order valence-corrected chi connectivity index (χ1v) is 9.85. The molecule has 0 saturated carbocycles. The second kappa shape index (κ2) is 7.28. The highest BCUT2D eigenvalue weighted by Crippen LogP contribution is 2.37. The Bertz CT molecular complexity index is 730. The van der Waals surface area contributed by atoms with E-state index in [4.69, 9.17) is 4.74 Å². The fourth-order valence-corrected chi connectivity index (χ4v) is 4.79. The molecule has 2 atom stereocenters. The van der Waals surface area contributed by atoms with Crippen molar-refractivity contribution in [3.63, 3.8) is 0 Å². The molecule has 2 unspecified atom stereocenters. The van der Waals surface area contributed by atoms with Crippen molar-refractivity contribution in [2.24, 2.45) is 0 Å². The Balaban J connectivity index is 1.56. The highest BCUT2D eigenvalue weighted by atomic mass is 32.1. The highest BCUT2D eigenvalue weighted by molar-refractivity contribution is 7.10. The van der Waals surface area contributed by atoms with E-state index in [1.165, 1.54) is 16.0 Å². The summed E-state index contributed by atoms with van der Waals surface area (Å²) in [5.74, 6) is 0.217. The molecule has 1 fully saturated rings. The lowest BCUT2D eigenvalue weighted by molar-refractivity contribution is -0.139. The van der Waals surface area contributed by atoms with Crippen molar-refractivity contribution in [2.75, 3.05) is 32.8 Å². The maximum Gasteiger partial charge on any atom is 0.236 e. The van der Waals surface area contributed by atoms with Gasteiger partial charge >= 0.3 is 0 Å². The lowest BCUT2D eigenvalue weighted by Crippen LogP contribution is -2.49. The number of ether oxygens (including phenoxy) is 1. The van der Waals surface area contributed by atoms with Crippen LogP contribution in [-0.2, 0) is 16.0 Å². The fraction of sp³-hybridized carbons (Fsp3) is 0.450. The SMILES string of the molecule is CC1CN(C(=O)CN2CCc3sccc3C2c2ccccc2)CCO1. The Hall–Kier alpha value is -1.69. The lowest BCUT2D eigenvalue weighted by Gasteiger charge is -2.38. The molecule has 3 heterocycles. The van der Waals surface area contributed by atoms with Gasteiger partial charge in [-0.05, 0) is 35.9 Å². The van der Waals surface area contributed by atoms with Crippen molar-refractivity contribution in [1.29, 1.82) is 0 Å². The predicted octanol–water partition coefficient (Wildman–Crippen LogP) is 2.94. The average Bonchev–Trinajstić information content (AvgIpc) is 3.11. The molecule has 2 aromatic rings. The first kappa shape index (κ1) is 16.8. The van der Waals surface area contributed by atoms with Gasteiger partial charge < -0.3 is 9.64 Å².